The van der Waals surface area contributed by atoms with Gasteiger partial charge in [0.25, 0.3) is 0 Å². The molecule has 0 radical (unpaired) electrons. The van der Waals surface area contributed by atoms with E-state index in [0.717, 1.165) is 43.5 Å². The molecule has 0 bridgehead atoms. The maximum absolute atomic E-state index is 12.2. The minimum Gasteiger partial charge on any atom is -0.494 e. The minimum absolute atomic E-state index is 0.0813. The van der Waals surface area contributed by atoms with Crippen molar-refractivity contribution in [2.75, 3.05) is 47.6 Å². The van der Waals surface area contributed by atoms with Crippen LogP contribution < -0.4 is 24.3 Å². The number of unbranched alkanes of at least 4 members (excludes halogenated alkanes) is 1. The Kier molecular flexibility index (Phi) is 11.7. The number of carbonyl (C=O) groups excluding carboxylic acids is 1. The largest absolute Gasteiger partial charge is 0.494 e. The van der Waals surface area contributed by atoms with Crippen molar-refractivity contribution >= 4 is 5.91 Å². The van der Waals surface area contributed by atoms with Crippen LogP contribution in [0.25, 0.3) is 0 Å². The van der Waals surface area contributed by atoms with Gasteiger partial charge < -0.3 is 24.3 Å². The molecule has 1 aliphatic rings. The second-order valence-electron chi connectivity index (χ2n) is 9.24. The van der Waals surface area contributed by atoms with Crippen molar-refractivity contribution in [2.24, 2.45) is 0 Å². The van der Waals surface area contributed by atoms with Crippen LogP contribution in [0.4, 0.5) is 0 Å². The van der Waals surface area contributed by atoms with Gasteiger partial charge in [0.15, 0.2) is 11.5 Å². The van der Waals surface area contributed by atoms with E-state index in [0.29, 0.717) is 36.8 Å². The molecular weight excluding hydrogens is 456 g/mol. The highest BCUT2D eigenvalue weighted by Crippen LogP contribution is 2.40. The van der Waals surface area contributed by atoms with Gasteiger partial charge in [-0.05, 0) is 80.9 Å². The van der Waals surface area contributed by atoms with Crippen LogP contribution in [0.15, 0.2) is 36.4 Å². The Morgan fingerprint density at radius 3 is 2.47 bits per heavy atom. The number of hydrogen-bond donors (Lipinski definition) is 1. The molecule has 1 fully saturated rings. The lowest BCUT2D eigenvalue weighted by Gasteiger charge is -2.26. The number of hydrogen-bond acceptors (Lipinski definition) is 6. The van der Waals surface area contributed by atoms with E-state index in [1.54, 1.807) is 21.3 Å². The molecule has 2 aromatic carbocycles. The maximum atomic E-state index is 12.2. The lowest BCUT2D eigenvalue weighted by molar-refractivity contribution is -0.121. The molecule has 1 saturated heterocycles. The summed E-state index contributed by atoms with van der Waals surface area (Å²) in [5.41, 5.74) is 2.35. The number of ether oxygens (including phenoxy) is 4. The molecule has 0 aliphatic carbocycles. The molecule has 7 heteroatoms. The van der Waals surface area contributed by atoms with Crippen molar-refractivity contribution in [1.29, 1.82) is 0 Å². The summed E-state index contributed by atoms with van der Waals surface area (Å²) in [7, 11) is 4.84. The fraction of sp³-hybridized carbons (Fsp3) is 0.552. The van der Waals surface area contributed by atoms with E-state index in [9.17, 15) is 4.79 Å². The average Bonchev–Trinajstić information content (AvgIpc) is 2.91. The normalized spacial score (nSPS) is 13.8. The monoisotopic (exact) mass is 498 g/mol. The Morgan fingerprint density at radius 2 is 1.72 bits per heavy atom. The zero-order valence-corrected chi connectivity index (χ0v) is 22.1. The summed E-state index contributed by atoms with van der Waals surface area (Å²) < 4.78 is 22.2. The lowest BCUT2D eigenvalue weighted by atomic mass is 10.0. The summed E-state index contributed by atoms with van der Waals surface area (Å²) in [6.45, 7) is 4.58. The minimum atomic E-state index is 0.0813. The van der Waals surface area contributed by atoms with Crippen molar-refractivity contribution in [2.45, 2.75) is 57.9 Å². The fourth-order valence-corrected chi connectivity index (χ4v) is 4.65. The second kappa shape index (κ2) is 15.2. The molecule has 1 amide bonds. The number of amides is 1. The Morgan fingerprint density at radius 1 is 0.917 bits per heavy atom. The van der Waals surface area contributed by atoms with Crippen LogP contribution in [0.2, 0.25) is 0 Å². The topological polar surface area (TPSA) is 69.3 Å². The van der Waals surface area contributed by atoms with Gasteiger partial charge in [0.05, 0.1) is 27.9 Å². The van der Waals surface area contributed by atoms with Gasteiger partial charge in [0.2, 0.25) is 11.7 Å². The van der Waals surface area contributed by atoms with Gasteiger partial charge in [-0.2, -0.15) is 0 Å². The third-order valence-corrected chi connectivity index (χ3v) is 6.55. The zero-order valence-electron chi connectivity index (χ0n) is 22.1. The molecule has 1 N–H and O–H groups in total. The number of methoxy groups -OCH3 is 3. The van der Waals surface area contributed by atoms with E-state index in [-0.39, 0.29) is 5.91 Å². The molecule has 0 aromatic heterocycles. The smallest absolute Gasteiger partial charge is 0.219 e. The summed E-state index contributed by atoms with van der Waals surface area (Å²) in [6.07, 6.45) is 7.75. The lowest BCUT2D eigenvalue weighted by Crippen LogP contribution is -2.29. The zero-order chi connectivity index (χ0) is 25.6. The highest BCUT2D eigenvalue weighted by molar-refractivity contribution is 5.75. The Labute approximate surface area is 216 Å². The summed E-state index contributed by atoms with van der Waals surface area (Å²) in [4.78, 5) is 14.7. The van der Waals surface area contributed by atoms with Crippen molar-refractivity contribution in [3.63, 3.8) is 0 Å². The van der Waals surface area contributed by atoms with Gasteiger partial charge in [-0.1, -0.05) is 24.6 Å². The van der Waals surface area contributed by atoms with E-state index >= 15 is 0 Å². The number of nitrogens with one attached hydrogen (secondary N) is 1. The number of nitrogens with zero attached hydrogens (tertiary/aromatic N) is 1. The van der Waals surface area contributed by atoms with Crippen LogP contribution in [0, 0.1) is 0 Å². The number of piperidine rings is 1. The highest BCUT2D eigenvalue weighted by Gasteiger charge is 2.15. The second-order valence-corrected chi connectivity index (χ2v) is 9.24. The molecule has 3 rings (SSSR count). The van der Waals surface area contributed by atoms with Gasteiger partial charge in [0, 0.05) is 19.5 Å². The number of benzene rings is 2. The third kappa shape index (κ3) is 8.63. The Hall–Kier alpha value is -2.93. The predicted molar refractivity (Wildman–Crippen MR) is 142 cm³/mol. The van der Waals surface area contributed by atoms with Crippen LogP contribution >= 0.6 is 0 Å². The maximum Gasteiger partial charge on any atom is 0.219 e. The summed E-state index contributed by atoms with van der Waals surface area (Å²) in [5, 5.41) is 3.00. The molecule has 1 aliphatic heterocycles. The standard InChI is InChI=1S/C29H42N2O5/c1-33-26-16-15-24(28(34-2)29(26)35-3)12-5-6-14-27(32)30-17-10-20-36-25-13-9-11-23(21-25)22-31-18-7-4-8-19-31/h9,11,13,15-16,21H,4-8,10,12,14,17-20,22H2,1-3H3,(H,30,32). The van der Waals surface area contributed by atoms with E-state index in [1.165, 1.54) is 37.9 Å². The first-order valence-electron chi connectivity index (χ1n) is 13.1. The molecule has 0 spiro atoms. The highest BCUT2D eigenvalue weighted by atomic mass is 16.5. The molecule has 36 heavy (non-hydrogen) atoms. The van der Waals surface area contributed by atoms with Gasteiger partial charge in [0.1, 0.15) is 5.75 Å². The summed E-state index contributed by atoms with van der Waals surface area (Å²) in [6, 6.07) is 12.3. The van der Waals surface area contributed by atoms with Crippen LogP contribution in [0.5, 0.6) is 23.0 Å². The van der Waals surface area contributed by atoms with Gasteiger partial charge in [-0.15, -0.1) is 0 Å². The fourth-order valence-electron chi connectivity index (χ4n) is 4.65. The van der Waals surface area contributed by atoms with Gasteiger partial charge in [-0.3, -0.25) is 9.69 Å². The van der Waals surface area contributed by atoms with E-state index in [1.807, 2.05) is 18.2 Å². The van der Waals surface area contributed by atoms with Crippen LogP contribution in [0.3, 0.4) is 0 Å². The summed E-state index contributed by atoms with van der Waals surface area (Å²) >= 11 is 0. The molecule has 0 atom stereocenters. The summed E-state index contributed by atoms with van der Waals surface area (Å²) in [5.74, 6) is 2.93. The van der Waals surface area contributed by atoms with Crippen LogP contribution in [-0.4, -0.2) is 58.4 Å². The molecule has 0 unspecified atom stereocenters. The van der Waals surface area contributed by atoms with E-state index in [2.05, 4.69) is 28.4 Å². The Balaban J connectivity index is 1.29. The van der Waals surface area contributed by atoms with E-state index in [4.69, 9.17) is 18.9 Å². The SMILES string of the molecule is COc1ccc(CCCCC(=O)NCCCOc2cccc(CN3CCCCC3)c2)c(OC)c1OC. The van der Waals surface area contributed by atoms with Crippen molar-refractivity contribution < 1.29 is 23.7 Å². The third-order valence-electron chi connectivity index (χ3n) is 6.55. The molecule has 198 valence electrons. The van der Waals surface area contributed by atoms with Gasteiger partial charge >= 0.3 is 0 Å². The molecular formula is C29H42N2O5. The van der Waals surface area contributed by atoms with Crippen molar-refractivity contribution in [3.05, 3.63) is 47.5 Å². The first kappa shape index (κ1) is 27.7. The predicted octanol–water partition coefficient (Wildman–Crippen LogP) is 5.00. The van der Waals surface area contributed by atoms with E-state index < -0.39 is 0 Å². The molecule has 2 aromatic rings. The quantitative estimate of drug-likeness (QED) is 0.349. The Bertz CT molecular complexity index is 943. The average molecular weight is 499 g/mol. The first-order valence-corrected chi connectivity index (χ1v) is 13.1. The number of carbonyl (C=O) groups is 1. The van der Waals surface area contributed by atoms with Crippen LogP contribution in [-0.2, 0) is 17.8 Å². The first-order chi connectivity index (χ1) is 17.6. The number of likely N-dealkylation sites (tertiary alicyclic amines) is 1. The van der Waals surface area contributed by atoms with Gasteiger partial charge in [-0.25, -0.2) is 0 Å². The molecule has 7 nitrogen and oxygen atoms in total. The molecule has 1 heterocycles. The van der Waals surface area contributed by atoms with Crippen LogP contribution in [0.1, 0.15) is 56.1 Å². The number of rotatable bonds is 15. The van der Waals surface area contributed by atoms with Crippen molar-refractivity contribution in [3.8, 4) is 23.0 Å². The van der Waals surface area contributed by atoms with Crippen molar-refractivity contribution in [1.82, 2.24) is 10.2 Å². The molecule has 0 saturated carbocycles. The number of aryl methyl sites for hydroxylation is 1.